The second-order valence-electron chi connectivity index (χ2n) is 5.72. The number of hydrogen-bond donors (Lipinski definition) is 1. The molecule has 1 heterocycles. The first-order valence-electron chi connectivity index (χ1n) is 8.14. The number of hydrogen-bond acceptors (Lipinski definition) is 6. The lowest BCUT2D eigenvalue weighted by Gasteiger charge is -2.04. The maximum atomic E-state index is 11.0. The first-order valence-corrected chi connectivity index (χ1v) is 8.93. The SMILES string of the molecule is CC(=O)Nc1ccc(/C(C)=N/OCc2nnc(-c3ccc(Br)cc3)o2)cc1. The zero-order chi connectivity index (χ0) is 19.2. The summed E-state index contributed by atoms with van der Waals surface area (Å²) in [5.41, 5.74) is 3.13. The third-order valence-corrected chi connectivity index (χ3v) is 4.10. The average Bonchev–Trinajstić information content (AvgIpc) is 3.11. The zero-order valence-electron chi connectivity index (χ0n) is 14.8. The molecule has 2 aromatic carbocycles. The second kappa shape index (κ2) is 8.59. The Morgan fingerprint density at radius 3 is 2.48 bits per heavy atom. The third-order valence-electron chi connectivity index (χ3n) is 3.57. The summed E-state index contributed by atoms with van der Waals surface area (Å²) in [6, 6.07) is 14.9. The Morgan fingerprint density at radius 1 is 1.11 bits per heavy atom. The van der Waals surface area contributed by atoms with Crippen LogP contribution in [0.15, 0.2) is 62.6 Å². The van der Waals surface area contributed by atoms with Gasteiger partial charge in [-0.1, -0.05) is 33.2 Å². The highest BCUT2D eigenvalue weighted by atomic mass is 79.9. The van der Waals surface area contributed by atoms with Gasteiger partial charge in [-0.25, -0.2) is 0 Å². The molecule has 27 heavy (non-hydrogen) atoms. The van der Waals surface area contributed by atoms with Crippen LogP contribution in [0.3, 0.4) is 0 Å². The normalized spacial score (nSPS) is 11.3. The molecule has 0 aliphatic heterocycles. The summed E-state index contributed by atoms with van der Waals surface area (Å²) in [5, 5.41) is 14.8. The van der Waals surface area contributed by atoms with Gasteiger partial charge in [-0.2, -0.15) is 0 Å². The molecular formula is C19H17BrN4O3. The molecule has 1 N–H and O–H groups in total. The number of carbonyl (C=O) groups is 1. The summed E-state index contributed by atoms with van der Waals surface area (Å²) in [6.07, 6.45) is 0. The van der Waals surface area contributed by atoms with Crippen LogP contribution >= 0.6 is 15.9 Å². The smallest absolute Gasteiger partial charge is 0.257 e. The van der Waals surface area contributed by atoms with Crippen molar-refractivity contribution in [3.8, 4) is 11.5 Å². The van der Waals surface area contributed by atoms with E-state index in [0.717, 1.165) is 21.3 Å². The van der Waals surface area contributed by atoms with Crippen molar-refractivity contribution in [3.05, 3.63) is 64.5 Å². The van der Waals surface area contributed by atoms with Crippen LogP contribution in [0.2, 0.25) is 0 Å². The molecule has 7 nitrogen and oxygen atoms in total. The van der Waals surface area contributed by atoms with E-state index in [0.29, 0.717) is 17.5 Å². The Labute approximate surface area is 164 Å². The number of halogens is 1. The number of nitrogens with zero attached hydrogens (tertiary/aromatic N) is 3. The Morgan fingerprint density at radius 2 is 1.81 bits per heavy atom. The van der Waals surface area contributed by atoms with Gasteiger partial charge in [0.05, 0.1) is 5.71 Å². The van der Waals surface area contributed by atoms with Crippen LogP contribution in [0.1, 0.15) is 25.3 Å². The fraction of sp³-hybridized carbons (Fsp3) is 0.158. The Kier molecular flexibility index (Phi) is 5.97. The molecule has 0 unspecified atom stereocenters. The fourth-order valence-electron chi connectivity index (χ4n) is 2.26. The van der Waals surface area contributed by atoms with Gasteiger partial charge in [0, 0.05) is 22.6 Å². The van der Waals surface area contributed by atoms with E-state index in [1.807, 2.05) is 43.3 Å². The molecule has 0 bridgehead atoms. The van der Waals surface area contributed by atoms with Crippen molar-refractivity contribution in [2.75, 3.05) is 5.32 Å². The van der Waals surface area contributed by atoms with Gasteiger partial charge in [0.25, 0.3) is 5.89 Å². The number of benzene rings is 2. The molecule has 0 aliphatic carbocycles. The molecule has 3 aromatic rings. The van der Waals surface area contributed by atoms with E-state index in [1.165, 1.54) is 6.92 Å². The van der Waals surface area contributed by atoms with Crippen LogP contribution in [0, 0.1) is 0 Å². The molecule has 8 heteroatoms. The molecule has 0 radical (unpaired) electrons. The van der Waals surface area contributed by atoms with Crippen molar-refractivity contribution in [2.24, 2.45) is 5.16 Å². The van der Waals surface area contributed by atoms with Gasteiger partial charge in [0.1, 0.15) is 0 Å². The van der Waals surface area contributed by atoms with Crippen LogP contribution in [-0.4, -0.2) is 21.8 Å². The Hall–Kier alpha value is -3.00. The number of nitrogens with one attached hydrogen (secondary N) is 1. The highest BCUT2D eigenvalue weighted by molar-refractivity contribution is 9.10. The fourth-order valence-corrected chi connectivity index (χ4v) is 2.52. The molecule has 0 fully saturated rings. The first-order chi connectivity index (χ1) is 13.0. The quantitative estimate of drug-likeness (QED) is 0.464. The lowest BCUT2D eigenvalue weighted by atomic mass is 10.1. The number of amides is 1. The van der Waals surface area contributed by atoms with Gasteiger partial charge in [0.15, 0.2) is 6.61 Å². The summed E-state index contributed by atoms with van der Waals surface area (Å²) in [6.45, 7) is 3.37. The van der Waals surface area contributed by atoms with Crippen LogP contribution in [0.4, 0.5) is 5.69 Å². The predicted molar refractivity (Wildman–Crippen MR) is 105 cm³/mol. The van der Waals surface area contributed by atoms with Gasteiger partial charge in [-0.05, 0) is 48.9 Å². The van der Waals surface area contributed by atoms with E-state index in [1.54, 1.807) is 12.1 Å². The minimum absolute atomic E-state index is 0.0742. The van der Waals surface area contributed by atoms with E-state index in [4.69, 9.17) is 9.25 Å². The highest BCUT2D eigenvalue weighted by Crippen LogP contribution is 2.20. The number of rotatable bonds is 6. The topological polar surface area (TPSA) is 89.6 Å². The molecule has 0 saturated heterocycles. The molecule has 0 saturated carbocycles. The van der Waals surface area contributed by atoms with E-state index in [9.17, 15) is 4.79 Å². The van der Waals surface area contributed by atoms with Gasteiger partial charge >= 0.3 is 0 Å². The lowest BCUT2D eigenvalue weighted by Crippen LogP contribution is -2.06. The molecule has 1 aromatic heterocycles. The summed E-state index contributed by atoms with van der Waals surface area (Å²) < 4.78 is 6.55. The first kappa shape index (κ1) is 18.8. The zero-order valence-corrected chi connectivity index (χ0v) is 16.4. The predicted octanol–water partition coefficient (Wildman–Crippen LogP) is 4.40. The molecule has 0 atom stereocenters. The maximum absolute atomic E-state index is 11.0. The van der Waals surface area contributed by atoms with Gasteiger partial charge in [0.2, 0.25) is 11.8 Å². The van der Waals surface area contributed by atoms with Crippen molar-refractivity contribution in [1.82, 2.24) is 10.2 Å². The average molecular weight is 429 g/mol. The van der Waals surface area contributed by atoms with E-state index >= 15 is 0 Å². The summed E-state index contributed by atoms with van der Waals surface area (Å²) in [7, 11) is 0. The number of oxime groups is 1. The molecule has 0 spiro atoms. The molecule has 3 rings (SSSR count). The molecular weight excluding hydrogens is 412 g/mol. The summed E-state index contributed by atoms with van der Waals surface area (Å²) >= 11 is 3.38. The van der Waals surface area contributed by atoms with Crippen LogP contribution < -0.4 is 5.32 Å². The van der Waals surface area contributed by atoms with Gasteiger partial charge in [-0.3, -0.25) is 4.79 Å². The van der Waals surface area contributed by atoms with Crippen molar-refractivity contribution >= 4 is 33.2 Å². The maximum Gasteiger partial charge on any atom is 0.257 e. The third kappa shape index (κ3) is 5.24. The van der Waals surface area contributed by atoms with Crippen molar-refractivity contribution in [2.45, 2.75) is 20.5 Å². The number of carbonyl (C=O) groups excluding carboxylic acids is 1. The lowest BCUT2D eigenvalue weighted by molar-refractivity contribution is -0.114. The van der Waals surface area contributed by atoms with E-state index in [-0.39, 0.29) is 12.5 Å². The Balaban J connectivity index is 1.58. The highest BCUT2D eigenvalue weighted by Gasteiger charge is 2.09. The summed E-state index contributed by atoms with van der Waals surface area (Å²) in [5.74, 6) is 0.652. The minimum Gasteiger partial charge on any atom is -0.417 e. The van der Waals surface area contributed by atoms with Crippen molar-refractivity contribution in [3.63, 3.8) is 0 Å². The monoisotopic (exact) mass is 428 g/mol. The number of anilines is 1. The van der Waals surface area contributed by atoms with Crippen LogP contribution in [0.5, 0.6) is 0 Å². The van der Waals surface area contributed by atoms with Crippen molar-refractivity contribution in [1.29, 1.82) is 0 Å². The number of aromatic nitrogens is 2. The summed E-state index contributed by atoms with van der Waals surface area (Å²) in [4.78, 5) is 16.4. The van der Waals surface area contributed by atoms with E-state index < -0.39 is 0 Å². The Bertz CT molecular complexity index is 950. The van der Waals surface area contributed by atoms with E-state index in [2.05, 4.69) is 36.6 Å². The minimum atomic E-state index is -0.112. The standard InChI is InChI=1S/C19H17BrN4O3/c1-12(14-5-9-17(10-6-14)21-13(2)25)24-26-11-18-22-23-19(27-18)15-3-7-16(20)8-4-15/h3-10H,11H2,1-2H3,(H,21,25)/b24-12+. The molecule has 1 amide bonds. The van der Waals surface area contributed by atoms with Crippen LogP contribution in [-0.2, 0) is 16.2 Å². The van der Waals surface area contributed by atoms with Crippen LogP contribution in [0.25, 0.3) is 11.5 Å². The second-order valence-corrected chi connectivity index (χ2v) is 6.63. The molecule has 0 aliphatic rings. The van der Waals surface area contributed by atoms with Gasteiger partial charge in [-0.15, -0.1) is 10.2 Å². The van der Waals surface area contributed by atoms with Crippen molar-refractivity contribution < 1.29 is 14.0 Å². The molecule has 138 valence electrons. The largest absolute Gasteiger partial charge is 0.417 e. The van der Waals surface area contributed by atoms with Gasteiger partial charge < -0.3 is 14.6 Å².